The SMILES string of the molecule is CCOc1ncccc1CNC(=O)NC1CCCCNC1=O. The van der Waals surface area contributed by atoms with Crippen LogP contribution in [0.25, 0.3) is 0 Å². The molecule has 2 heterocycles. The molecule has 1 unspecified atom stereocenters. The average Bonchev–Trinajstić information content (AvgIpc) is 2.72. The van der Waals surface area contributed by atoms with Gasteiger partial charge in [-0.3, -0.25) is 4.79 Å². The molecule has 1 atom stereocenters. The maximum absolute atomic E-state index is 11.9. The molecule has 7 nitrogen and oxygen atoms in total. The predicted molar refractivity (Wildman–Crippen MR) is 81.4 cm³/mol. The summed E-state index contributed by atoms with van der Waals surface area (Å²) in [4.78, 5) is 27.9. The van der Waals surface area contributed by atoms with Gasteiger partial charge in [0.1, 0.15) is 6.04 Å². The van der Waals surface area contributed by atoms with Crippen LogP contribution >= 0.6 is 0 Å². The summed E-state index contributed by atoms with van der Waals surface area (Å²) in [6, 6.07) is 2.79. The van der Waals surface area contributed by atoms with Crippen molar-refractivity contribution in [1.82, 2.24) is 20.9 Å². The molecule has 1 fully saturated rings. The highest BCUT2D eigenvalue weighted by molar-refractivity contribution is 5.87. The predicted octanol–water partition coefficient (Wildman–Crippen LogP) is 0.948. The fraction of sp³-hybridized carbons (Fsp3) is 0.533. The average molecular weight is 306 g/mol. The van der Waals surface area contributed by atoms with E-state index >= 15 is 0 Å². The molecule has 1 aliphatic heterocycles. The first-order valence-corrected chi connectivity index (χ1v) is 7.59. The molecule has 1 aliphatic rings. The zero-order chi connectivity index (χ0) is 15.8. The highest BCUT2D eigenvalue weighted by Gasteiger charge is 2.22. The molecular weight excluding hydrogens is 284 g/mol. The van der Waals surface area contributed by atoms with E-state index in [0.717, 1.165) is 18.4 Å². The Hall–Kier alpha value is -2.31. The smallest absolute Gasteiger partial charge is 0.315 e. The monoisotopic (exact) mass is 306 g/mol. The van der Waals surface area contributed by atoms with Gasteiger partial charge in [0.2, 0.25) is 11.8 Å². The van der Waals surface area contributed by atoms with Crippen molar-refractivity contribution in [2.75, 3.05) is 13.2 Å². The van der Waals surface area contributed by atoms with E-state index in [1.54, 1.807) is 12.3 Å². The fourth-order valence-electron chi connectivity index (χ4n) is 2.29. The first-order valence-electron chi connectivity index (χ1n) is 7.59. The molecule has 0 radical (unpaired) electrons. The highest BCUT2D eigenvalue weighted by atomic mass is 16.5. The summed E-state index contributed by atoms with van der Waals surface area (Å²) in [7, 11) is 0. The number of amides is 3. The van der Waals surface area contributed by atoms with Crippen LogP contribution in [0.4, 0.5) is 4.79 Å². The molecule has 1 saturated heterocycles. The van der Waals surface area contributed by atoms with Crippen LogP contribution in [0.5, 0.6) is 5.88 Å². The molecule has 0 saturated carbocycles. The summed E-state index contributed by atoms with van der Waals surface area (Å²) in [5, 5.41) is 8.23. The van der Waals surface area contributed by atoms with Crippen molar-refractivity contribution in [3.63, 3.8) is 0 Å². The summed E-state index contributed by atoms with van der Waals surface area (Å²) in [5.41, 5.74) is 0.796. The van der Waals surface area contributed by atoms with Crippen LogP contribution in [0.2, 0.25) is 0 Å². The van der Waals surface area contributed by atoms with E-state index in [-0.39, 0.29) is 11.9 Å². The maximum Gasteiger partial charge on any atom is 0.315 e. The molecule has 0 aromatic carbocycles. The Bertz CT molecular complexity index is 521. The second kappa shape index (κ2) is 8.21. The molecule has 1 aromatic heterocycles. The van der Waals surface area contributed by atoms with Crippen molar-refractivity contribution in [1.29, 1.82) is 0 Å². The number of carbonyl (C=O) groups is 2. The number of nitrogens with one attached hydrogen (secondary N) is 3. The van der Waals surface area contributed by atoms with Crippen LogP contribution in [0, 0.1) is 0 Å². The van der Waals surface area contributed by atoms with Gasteiger partial charge in [-0.15, -0.1) is 0 Å². The minimum Gasteiger partial charge on any atom is -0.478 e. The van der Waals surface area contributed by atoms with E-state index < -0.39 is 6.04 Å². The Labute approximate surface area is 129 Å². The number of carbonyl (C=O) groups excluding carboxylic acids is 2. The van der Waals surface area contributed by atoms with Crippen molar-refractivity contribution in [2.45, 2.75) is 38.8 Å². The number of ether oxygens (including phenoxy) is 1. The molecule has 7 heteroatoms. The second-order valence-electron chi connectivity index (χ2n) is 5.07. The lowest BCUT2D eigenvalue weighted by Gasteiger charge is -2.16. The van der Waals surface area contributed by atoms with Gasteiger partial charge in [0.05, 0.1) is 6.61 Å². The summed E-state index contributed by atoms with van der Waals surface area (Å²) in [6.07, 6.45) is 4.17. The van der Waals surface area contributed by atoms with Gasteiger partial charge in [-0.05, 0) is 32.3 Å². The van der Waals surface area contributed by atoms with Gasteiger partial charge >= 0.3 is 6.03 Å². The third kappa shape index (κ3) is 4.61. The Kier molecular flexibility index (Phi) is 6.00. The number of hydrogen-bond acceptors (Lipinski definition) is 4. The van der Waals surface area contributed by atoms with E-state index in [1.165, 1.54) is 0 Å². The van der Waals surface area contributed by atoms with Gasteiger partial charge in [-0.2, -0.15) is 0 Å². The molecule has 0 bridgehead atoms. The van der Waals surface area contributed by atoms with E-state index in [1.807, 2.05) is 13.0 Å². The molecule has 0 spiro atoms. The van der Waals surface area contributed by atoms with Gasteiger partial charge in [0, 0.05) is 24.8 Å². The van der Waals surface area contributed by atoms with E-state index in [9.17, 15) is 9.59 Å². The summed E-state index contributed by atoms with van der Waals surface area (Å²) >= 11 is 0. The van der Waals surface area contributed by atoms with Crippen LogP contribution in [-0.2, 0) is 11.3 Å². The van der Waals surface area contributed by atoms with E-state index in [4.69, 9.17) is 4.74 Å². The number of pyridine rings is 1. The first-order chi connectivity index (χ1) is 10.7. The number of nitrogens with zero attached hydrogens (tertiary/aromatic N) is 1. The molecule has 120 valence electrons. The van der Waals surface area contributed by atoms with Crippen molar-refractivity contribution in [3.05, 3.63) is 23.9 Å². The first kappa shape index (κ1) is 16.1. The topological polar surface area (TPSA) is 92.3 Å². The molecule has 3 N–H and O–H groups in total. The summed E-state index contributed by atoms with van der Waals surface area (Å²) < 4.78 is 5.41. The van der Waals surface area contributed by atoms with Crippen molar-refractivity contribution >= 4 is 11.9 Å². The van der Waals surface area contributed by atoms with E-state index in [0.29, 0.717) is 32.0 Å². The van der Waals surface area contributed by atoms with Crippen LogP contribution < -0.4 is 20.7 Å². The van der Waals surface area contributed by atoms with Gasteiger partial charge in [-0.25, -0.2) is 9.78 Å². The maximum atomic E-state index is 11.9. The summed E-state index contributed by atoms with van der Waals surface area (Å²) in [6.45, 7) is 3.36. The second-order valence-corrected chi connectivity index (χ2v) is 5.07. The van der Waals surface area contributed by atoms with Crippen molar-refractivity contribution < 1.29 is 14.3 Å². The molecule has 1 aromatic rings. The third-order valence-electron chi connectivity index (χ3n) is 3.41. The van der Waals surface area contributed by atoms with Crippen LogP contribution in [0.3, 0.4) is 0 Å². The van der Waals surface area contributed by atoms with Gasteiger partial charge in [-0.1, -0.05) is 6.07 Å². The molecule has 3 amide bonds. The zero-order valence-electron chi connectivity index (χ0n) is 12.7. The minimum absolute atomic E-state index is 0.121. The largest absolute Gasteiger partial charge is 0.478 e. The quantitative estimate of drug-likeness (QED) is 0.755. The number of rotatable bonds is 5. The third-order valence-corrected chi connectivity index (χ3v) is 3.41. The lowest BCUT2D eigenvalue weighted by Crippen LogP contribution is -2.48. The zero-order valence-corrected chi connectivity index (χ0v) is 12.7. The van der Waals surface area contributed by atoms with Gasteiger partial charge < -0.3 is 20.7 Å². The highest BCUT2D eigenvalue weighted by Crippen LogP contribution is 2.13. The molecule has 2 rings (SSSR count). The van der Waals surface area contributed by atoms with Crippen molar-refractivity contribution in [2.24, 2.45) is 0 Å². The fourth-order valence-corrected chi connectivity index (χ4v) is 2.29. The Balaban J connectivity index is 1.86. The number of aromatic nitrogens is 1. The van der Waals surface area contributed by atoms with Crippen LogP contribution in [0.15, 0.2) is 18.3 Å². The standard InChI is InChI=1S/C15H22N4O3/c1-2-22-14-11(6-5-9-17-14)10-18-15(21)19-12-7-3-4-8-16-13(12)20/h5-6,9,12H,2-4,7-8,10H2,1H3,(H,16,20)(H2,18,19,21). The normalized spacial score (nSPS) is 18.0. The molecule has 0 aliphatic carbocycles. The minimum atomic E-state index is -0.470. The summed E-state index contributed by atoms with van der Waals surface area (Å²) in [5.74, 6) is 0.390. The molecular formula is C15H22N4O3. The lowest BCUT2D eigenvalue weighted by molar-refractivity contribution is -0.122. The number of urea groups is 1. The van der Waals surface area contributed by atoms with Gasteiger partial charge in [0.15, 0.2) is 0 Å². The Morgan fingerprint density at radius 3 is 3.18 bits per heavy atom. The lowest BCUT2D eigenvalue weighted by atomic mass is 10.1. The van der Waals surface area contributed by atoms with Gasteiger partial charge in [0.25, 0.3) is 0 Å². The van der Waals surface area contributed by atoms with E-state index in [2.05, 4.69) is 20.9 Å². The van der Waals surface area contributed by atoms with Crippen molar-refractivity contribution in [3.8, 4) is 5.88 Å². The van der Waals surface area contributed by atoms with Crippen LogP contribution in [-0.4, -0.2) is 36.1 Å². The van der Waals surface area contributed by atoms with Crippen LogP contribution in [0.1, 0.15) is 31.7 Å². The Morgan fingerprint density at radius 1 is 1.50 bits per heavy atom. The number of hydrogen-bond donors (Lipinski definition) is 3. The molecule has 22 heavy (non-hydrogen) atoms. The Morgan fingerprint density at radius 2 is 2.36 bits per heavy atom.